The van der Waals surface area contributed by atoms with Crippen molar-refractivity contribution in [3.05, 3.63) is 5.73 Å². The minimum Gasteiger partial charge on any atom is -0.667 e. The van der Waals surface area contributed by atoms with E-state index in [2.05, 4.69) is 0 Å². The van der Waals surface area contributed by atoms with E-state index in [0.717, 1.165) is 0 Å². The van der Waals surface area contributed by atoms with Crippen LogP contribution in [0.15, 0.2) is 0 Å². The molecule has 0 aliphatic carbocycles. The summed E-state index contributed by atoms with van der Waals surface area (Å²) in [5.41, 5.74) is 7.87. The first-order chi connectivity index (χ1) is 9.42. The largest absolute Gasteiger partial charge is 0.667 e. The number of ether oxygens (including phenoxy) is 2. The molecule has 7 heteroatoms. The van der Waals surface area contributed by atoms with E-state index >= 15 is 0 Å². The van der Waals surface area contributed by atoms with Crippen LogP contribution in [0, 0.1) is 50.0 Å². The molecule has 0 aromatic rings. The maximum atomic E-state index is 11.6. The Morgan fingerprint density at radius 2 is 2.10 bits per heavy atom. The van der Waals surface area contributed by atoms with Crippen LogP contribution in [0.2, 0.25) is 0 Å². The number of carbonyl (C=O) groups is 2. The molecular formula is C14H25AcN2O4-. The maximum Gasteiger partial charge on any atom is 0.154 e. The van der Waals surface area contributed by atoms with E-state index in [1.165, 1.54) is 0 Å². The topological polar surface area (TPSA) is 79.6 Å². The van der Waals surface area contributed by atoms with E-state index in [-0.39, 0.29) is 74.1 Å². The van der Waals surface area contributed by atoms with Gasteiger partial charge >= 0.3 is 0 Å². The van der Waals surface area contributed by atoms with Gasteiger partial charge < -0.3 is 20.0 Å². The van der Waals surface area contributed by atoms with Crippen LogP contribution in [0.1, 0.15) is 27.2 Å². The van der Waals surface area contributed by atoms with Gasteiger partial charge in [0.2, 0.25) is 0 Å². The molecule has 1 heterocycles. The summed E-state index contributed by atoms with van der Waals surface area (Å²) < 4.78 is 10.9. The van der Waals surface area contributed by atoms with Crippen molar-refractivity contribution < 1.29 is 63.1 Å². The van der Waals surface area contributed by atoms with Crippen molar-refractivity contribution in [3.8, 4) is 0 Å². The number of likely N-dealkylation sites (tertiary alicyclic amines) is 1. The molecule has 1 rings (SSSR count). The molecule has 1 N–H and O–H groups in total. The molecule has 21 heavy (non-hydrogen) atoms. The van der Waals surface area contributed by atoms with E-state index in [9.17, 15) is 9.59 Å². The summed E-state index contributed by atoms with van der Waals surface area (Å²) in [5, 5.41) is 0. The first-order valence-electron chi connectivity index (χ1n) is 7.04. The molecule has 119 valence electrons. The monoisotopic (exact) mass is 512 g/mol. The number of nitrogens with zero attached hydrogens (tertiary/aromatic N) is 1. The number of hydrogen-bond acceptors (Lipinski definition) is 5. The van der Waals surface area contributed by atoms with Crippen molar-refractivity contribution in [2.24, 2.45) is 5.92 Å². The number of likely N-dealkylation sites (N-methyl/N-ethyl adjacent to an activating group) is 1. The Kier molecular flexibility index (Phi) is 10.7. The zero-order valence-corrected chi connectivity index (χ0v) is 18.0. The number of Topliss-reactive ketones (excluding diaryl/α,β-unsaturated/α-hetero) is 1. The van der Waals surface area contributed by atoms with Gasteiger partial charge in [-0.15, -0.1) is 0 Å². The molecule has 0 amide bonds. The van der Waals surface area contributed by atoms with Crippen molar-refractivity contribution in [1.82, 2.24) is 4.90 Å². The molecule has 0 bridgehead atoms. The fourth-order valence-corrected chi connectivity index (χ4v) is 2.92. The first kappa shape index (κ1) is 21.6. The van der Waals surface area contributed by atoms with Gasteiger partial charge in [-0.05, 0) is 40.2 Å². The van der Waals surface area contributed by atoms with E-state index in [0.29, 0.717) is 25.9 Å². The minimum absolute atomic E-state index is 0. The van der Waals surface area contributed by atoms with Gasteiger partial charge in [0.05, 0.1) is 12.6 Å². The van der Waals surface area contributed by atoms with Gasteiger partial charge in [0.25, 0.3) is 0 Å². The molecule has 5 atom stereocenters. The number of hydrogen-bond donors (Lipinski definition) is 0. The molecule has 1 aliphatic heterocycles. The van der Waals surface area contributed by atoms with Crippen molar-refractivity contribution in [3.63, 3.8) is 0 Å². The van der Waals surface area contributed by atoms with Crippen molar-refractivity contribution >= 4 is 12.1 Å². The maximum absolute atomic E-state index is 11.6. The van der Waals surface area contributed by atoms with Crippen LogP contribution in [0.5, 0.6) is 0 Å². The Balaban J connectivity index is 0.00000400. The van der Waals surface area contributed by atoms with Gasteiger partial charge in [0, 0.05) is 56.7 Å². The Morgan fingerprint density at radius 1 is 1.48 bits per heavy atom. The van der Waals surface area contributed by atoms with Crippen LogP contribution in [0.25, 0.3) is 5.73 Å². The van der Waals surface area contributed by atoms with Gasteiger partial charge in [0.1, 0.15) is 12.1 Å². The molecule has 1 aliphatic rings. The smallest absolute Gasteiger partial charge is 0.154 e. The fourth-order valence-electron chi connectivity index (χ4n) is 2.92. The second-order valence-corrected chi connectivity index (χ2v) is 5.30. The second-order valence-electron chi connectivity index (χ2n) is 5.30. The Labute approximate surface area is 162 Å². The summed E-state index contributed by atoms with van der Waals surface area (Å²) >= 11 is 0. The molecule has 1 radical (unpaired) electrons. The number of aldehydes is 1. The average molecular weight is 512 g/mol. The van der Waals surface area contributed by atoms with E-state index < -0.39 is 6.04 Å². The van der Waals surface area contributed by atoms with Crippen LogP contribution < -0.4 is 0 Å². The van der Waals surface area contributed by atoms with Gasteiger partial charge in [0.15, 0.2) is 6.29 Å². The summed E-state index contributed by atoms with van der Waals surface area (Å²) in [6.07, 6.45) is 0.934. The van der Waals surface area contributed by atoms with E-state index in [1.54, 1.807) is 14.0 Å². The van der Waals surface area contributed by atoms with Crippen LogP contribution in [0.3, 0.4) is 0 Å². The summed E-state index contributed by atoms with van der Waals surface area (Å²) in [6, 6.07) is -1.38. The number of rotatable bonds is 8. The molecule has 6 nitrogen and oxygen atoms in total. The minimum atomic E-state index is -0.861. The molecule has 5 unspecified atom stereocenters. The third-order valence-corrected chi connectivity index (χ3v) is 3.90. The zero-order valence-electron chi connectivity index (χ0n) is 13.2. The predicted molar refractivity (Wildman–Crippen MR) is 75.3 cm³/mol. The Hall–Kier alpha value is 0.622. The predicted octanol–water partition coefficient (Wildman–Crippen LogP) is 1.28. The van der Waals surface area contributed by atoms with Gasteiger partial charge in [-0.25, -0.2) is 0 Å². The average Bonchev–Trinajstić information content (AvgIpc) is 2.73. The summed E-state index contributed by atoms with van der Waals surface area (Å²) in [4.78, 5) is 24.4. The van der Waals surface area contributed by atoms with Crippen LogP contribution in [0.4, 0.5) is 0 Å². The summed E-state index contributed by atoms with van der Waals surface area (Å²) in [6.45, 7) is 6.22. The molecule has 0 spiro atoms. The molecule has 1 fully saturated rings. The third-order valence-electron chi connectivity index (χ3n) is 3.90. The Morgan fingerprint density at radius 3 is 2.57 bits per heavy atom. The normalized spacial score (nSPS) is 28.7. The molecule has 0 aromatic carbocycles. The van der Waals surface area contributed by atoms with Crippen molar-refractivity contribution in [2.75, 3.05) is 20.3 Å². The summed E-state index contributed by atoms with van der Waals surface area (Å²) in [5.74, 6) is 0.0560. The standard InChI is InChI=1S/C14H25N2O4.Ac/c1-5-19-10(3)20-8-11-6-13(9(2)18)16(4)14(11)12(15)7-17;/h7,10-15H,5-6,8H2,1-4H3;/q-1;. The van der Waals surface area contributed by atoms with E-state index in [1.807, 2.05) is 18.7 Å². The van der Waals surface area contributed by atoms with Crippen LogP contribution >= 0.6 is 0 Å². The zero-order chi connectivity index (χ0) is 15.3. The number of nitrogens with one attached hydrogen (secondary N) is 1. The quantitative estimate of drug-likeness (QED) is 0.362. The number of ketones is 1. The van der Waals surface area contributed by atoms with Gasteiger partial charge in [-0.1, -0.05) is 6.04 Å². The Bertz CT molecular complexity index is 343. The second kappa shape index (κ2) is 10.4. The van der Waals surface area contributed by atoms with Crippen LogP contribution in [-0.2, 0) is 19.1 Å². The SMILES string of the molecule is CCOC(C)OCC1CC(C(C)=O)N(C)C1C([NH-])C=O.[Ac]. The summed E-state index contributed by atoms with van der Waals surface area (Å²) in [7, 11) is 1.80. The fraction of sp³-hybridized carbons (Fsp3) is 0.857. The van der Waals surface area contributed by atoms with Gasteiger partial charge in [-0.2, -0.15) is 0 Å². The molecule has 0 aromatic heterocycles. The van der Waals surface area contributed by atoms with E-state index in [4.69, 9.17) is 15.2 Å². The molecule has 0 saturated carbocycles. The number of carbonyl (C=O) groups excluding carboxylic acids is 2. The third kappa shape index (κ3) is 5.97. The molecule has 1 saturated heterocycles. The molecular weight excluding hydrogens is 487 g/mol. The van der Waals surface area contributed by atoms with Crippen molar-refractivity contribution in [1.29, 1.82) is 0 Å². The van der Waals surface area contributed by atoms with Gasteiger partial charge in [-0.3, -0.25) is 9.69 Å². The van der Waals surface area contributed by atoms with Crippen molar-refractivity contribution in [2.45, 2.75) is 51.6 Å². The van der Waals surface area contributed by atoms with Crippen LogP contribution in [-0.4, -0.2) is 61.6 Å². The first-order valence-corrected chi connectivity index (χ1v) is 7.04.